The molecule has 1 aliphatic heterocycles. The highest BCUT2D eigenvalue weighted by Crippen LogP contribution is 2.30. The Morgan fingerprint density at radius 2 is 1.64 bits per heavy atom. The van der Waals surface area contributed by atoms with Crippen LogP contribution in [0.1, 0.15) is 24.3 Å². The van der Waals surface area contributed by atoms with Crippen molar-refractivity contribution < 1.29 is 61.1 Å². The summed E-state index contributed by atoms with van der Waals surface area (Å²) in [5, 5.41) is 2.53. The summed E-state index contributed by atoms with van der Waals surface area (Å²) in [5.74, 6) is -2.85. The number of amides is 1. The standard InChI is InChI=1S/C32H34F2N2O11/c1-4-41-17-27(37)43-18-44-30-25(40-3)13-14-35-28(30)31(38)36-24-15-42-16-26(46-22-9-5-20(33)6-10-22)29(19(2)45-32(24)39)47-23-11-7-21(34)8-12-23/h5-14,19,24,26,29H,4,15-18H2,1-3H3,(H,36,38)/t19-,24-,26-,29-/m0/s1. The van der Waals surface area contributed by atoms with Crippen molar-refractivity contribution in [3.63, 3.8) is 0 Å². The van der Waals surface area contributed by atoms with Crippen LogP contribution in [0.25, 0.3) is 0 Å². The second-order valence-electron chi connectivity index (χ2n) is 9.96. The third kappa shape index (κ3) is 9.98. The molecule has 0 aliphatic carbocycles. The predicted octanol–water partition coefficient (Wildman–Crippen LogP) is 3.24. The maximum atomic E-state index is 13.6. The van der Waals surface area contributed by atoms with Crippen LogP contribution in [0.2, 0.25) is 0 Å². The molecule has 4 atom stereocenters. The average Bonchev–Trinajstić information content (AvgIpc) is 3.11. The number of esters is 2. The number of rotatable bonds is 13. The van der Waals surface area contributed by atoms with Crippen LogP contribution in [-0.2, 0) is 28.5 Å². The lowest BCUT2D eigenvalue weighted by molar-refractivity contribution is -0.157. The number of hydrogen-bond acceptors (Lipinski definition) is 12. The van der Waals surface area contributed by atoms with Crippen molar-refractivity contribution in [2.24, 2.45) is 0 Å². The van der Waals surface area contributed by atoms with Crippen molar-refractivity contribution in [1.29, 1.82) is 0 Å². The van der Waals surface area contributed by atoms with E-state index in [1.54, 1.807) is 13.8 Å². The smallest absolute Gasteiger partial charge is 0.334 e. The number of carbonyl (C=O) groups is 3. The van der Waals surface area contributed by atoms with Crippen LogP contribution in [0.3, 0.4) is 0 Å². The van der Waals surface area contributed by atoms with Gasteiger partial charge in [-0.3, -0.25) is 4.79 Å². The van der Waals surface area contributed by atoms with E-state index >= 15 is 0 Å². The van der Waals surface area contributed by atoms with Crippen LogP contribution in [0.4, 0.5) is 8.78 Å². The lowest BCUT2D eigenvalue weighted by Crippen LogP contribution is -2.48. The van der Waals surface area contributed by atoms with E-state index in [-0.39, 0.29) is 48.5 Å². The highest BCUT2D eigenvalue weighted by Gasteiger charge is 2.38. The summed E-state index contributed by atoms with van der Waals surface area (Å²) in [6.45, 7) is 2.21. The van der Waals surface area contributed by atoms with Gasteiger partial charge in [-0.25, -0.2) is 23.4 Å². The van der Waals surface area contributed by atoms with Crippen molar-refractivity contribution in [3.05, 3.63) is 78.1 Å². The summed E-state index contributed by atoms with van der Waals surface area (Å²) in [6, 6.07) is 10.6. The molecule has 13 nitrogen and oxygen atoms in total. The van der Waals surface area contributed by atoms with Gasteiger partial charge in [0, 0.05) is 18.9 Å². The van der Waals surface area contributed by atoms with E-state index in [9.17, 15) is 23.2 Å². The average molecular weight is 661 g/mol. The van der Waals surface area contributed by atoms with Crippen molar-refractivity contribution in [2.45, 2.75) is 38.2 Å². The van der Waals surface area contributed by atoms with Crippen LogP contribution in [0.5, 0.6) is 23.0 Å². The first kappa shape index (κ1) is 34.8. The van der Waals surface area contributed by atoms with Crippen LogP contribution in [0.15, 0.2) is 60.8 Å². The van der Waals surface area contributed by atoms with E-state index < -0.39 is 60.6 Å². The fourth-order valence-corrected chi connectivity index (χ4v) is 4.33. The van der Waals surface area contributed by atoms with Gasteiger partial charge in [0.05, 0.1) is 20.3 Å². The molecule has 4 rings (SSSR count). The number of aromatic nitrogens is 1. The predicted molar refractivity (Wildman–Crippen MR) is 158 cm³/mol. The summed E-state index contributed by atoms with van der Waals surface area (Å²) in [7, 11) is 1.34. The minimum Gasteiger partial charge on any atom is -0.493 e. The molecule has 252 valence electrons. The third-order valence-electron chi connectivity index (χ3n) is 6.63. The molecule has 1 saturated heterocycles. The van der Waals surface area contributed by atoms with E-state index in [2.05, 4.69) is 10.3 Å². The van der Waals surface area contributed by atoms with Gasteiger partial charge in [-0.15, -0.1) is 0 Å². The number of hydrogen-bond donors (Lipinski definition) is 1. The number of ether oxygens (including phenoxy) is 8. The summed E-state index contributed by atoms with van der Waals surface area (Å²) in [6.07, 6.45) is -1.60. The van der Waals surface area contributed by atoms with Gasteiger partial charge in [0.15, 0.2) is 35.4 Å². The number of halogens is 2. The molecule has 1 N–H and O–H groups in total. The highest BCUT2D eigenvalue weighted by molar-refractivity contribution is 5.98. The van der Waals surface area contributed by atoms with Crippen LogP contribution < -0.4 is 24.3 Å². The molecule has 47 heavy (non-hydrogen) atoms. The molecular weight excluding hydrogens is 626 g/mol. The maximum absolute atomic E-state index is 13.6. The first-order chi connectivity index (χ1) is 22.7. The maximum Gasteiger partial charge on any atom is 0.334 e. The molecule has 1 aliphatic rings. The van der Waals surface area contributed by atoms with E-state index in [0.29, 0.717) is 6.61 Å². The van der Waals surface area contributed by atoms with Gasteiger partial charge in [0.1, 0.15) is 35.8 Å². The van der Waals surface area contributed by atoms with Gasteiger partial charge in [0.25, 0.3) is 5.91 Å². The van der Waals surface area contributed by atoms with Crippen LogP contribution >= 0.6 is 0 Å². The fraction of sp³-hybridized carbons (Fsp3) is 0.375. The van der Waals surface area contributed by atoms with Gasteiger partial charge in [-0.1, -0.05) is 0 Å². The van der Waals surface area contributed by atoms with E-state index in [1.807, 2.05) is 0 Å². The Morgan fingerprint density at radius 1 is 0.979 bits per heavy atom. The molecule has 0 spiro atoms. The Bertz CT molecular complexity index is 1490. The van der Waals surface area contributed by atoms with E-state index in [4.69, 9.17) is 37.9 Å². The first-order valence-corrected chi connectivity index (χ1v) is 14.5. The third-order valence-corrected chi connectivity index (χ3v) is 6.63. The molecule has 3 aromatic rings. The molecule has 1 amide bonds. The molecule has 1 aromatic heterocycles. The highest BCUT2D eigenvalue weighted by atomic mass is 19.1. The minimum absolute atomic E-state index is 0.106. The first-order valence-electron chi connectivity index (χ1n) is 14.5. The van der Waals surface area contributed by atoms with Crippen LogP contribution in [0, 0.1) is 11.6 Å². The zero-order chi connectivity index (χ0) is 33.8. The van der Waals surface area contributed by atoms with E-state index in [0.717, 1.165) is 0 Å². The summed E-state index contributed by atoms with van der Waals surface area (Å²) in [4.78, 5) is 42.6. The Hall–Kier alpha value is -5.02. The largest absolute Gasteiger partial charge is 0.493 e. The number of nitrogens with zero attached hydrogens (tertiary/aromatic N) is 1. The normalized spacial score (nSPS) is 19.6. The Balaban J connectivity index is 1.51. The molecule has 2 heterocycles. The minimum atomic E-state index is -1.33. The molecular formula is C32H34F2N2O11. The molecule has 0 bridgehead atoms. The lowest BCUT2D eigenvalue weighted by atomic mass is 10.1. The van der Waals surface area contributed by atoms with Crippen molar-refractivity contribution in [3.8, 4) is 23.0 Å². The molecule has 0 unspecified atom stereocenters. The Kier molecular flexibility index (Phi) is 12.6. The van der Waals surface area contributed by atoms with Gasteiger partial charge < -0.3 is 43.2 Å². The fourth-order valence-electron chi connectivity index (χ4n) is 4.33. The van der Waals surface area contributed by atoms with Crippen molar-refractivity contribution in [2.75, 3.05) is 40.3 Å². The number of benzene rings is 2. The second-order valence-corrected chi connectivity index (χ2v) is 9.96. The molecule has 0 saturated carbocycles. The topological polar surface area (TPSA) is 150 Å². The van der Waals surface area contributed by atoms with Gasteiger partial charge in [0.2, 0.25) is 6.79 Å². The summed E-state index contributed by atoms with van der Waals surface area (Å²) in [5.41, 5.74) is -0.277. The molecule has 2 aromatic carbocycles. The second kappa shape index (κ2) is 17.1. The lowest BCUT2D eigenvalue weighted by Gasteiger charge is -2.31. The van der Waals surface area contributed by atoms with Gasteiger partial charge >= 0.3 is 11.9 Å². The number of nitrogens with one attached hydrogen (secondary N) is 1. The quantitative estimate of drug-likeness (QED) is 0.212. The molecule has 0 radical (unpaired) electrons. The van der Waals surface area contributed by atoms with Crippen molar-refractivity contribution in [1.82, 2.24) is 10.3 Å². The SMILES string of the molecule is CCOCC(=O)OCOc1c(OC)ccnc1C(=O)N[C@H]1COC[C@H](Oc2ccc(F)cc2)[C@@H](Oc2ccc(F)cc2)[C@H](C)OC1=O. The Labute approximate surface area is 269 Å². The number of pyridine rings is 1. The monoisotopic (exact) mass is 660 g/mol. The Morgan fingerprint density at radius 3 is 2.28 bits per heavy atom. The number of methoxy groups -OCH3 is 1. The molecule has 1 fully saturated rings. The van der Waals surface area contributed by atoms with Crippen molar-refractivity contribution >= 4 is 17.8 Å². The number of carbonyl (C=O) groups excluding carboxylic acids is 3. The zero-order valence-electron chi connectivity index (χ0n) is 25.8. The summed E-state index contributed by atoms with van der Waals surface area (Å²) >= 11 is 0. The number of cyclic esters (lactones) is 1. The van der Waals surface area contributed by atoms with Gasteiger partial charge in [-0.05, 0) is 62.4 Å². The summed E-state index contributed by atoms with van der Waals surface area (Å²) < 4.78 is 71.5. The van der Waals surface area contributed by atoms with Gasteiger partial charge in [-0.2, -0.15) is 0 Å². The van der Waals surface area contributed by atoms with E-state index in [1.165, 1.54) is 67.9 Å². The zero-order valence-corrected chi connectivity index (χ0v) is 25.8. The van der Waals surface area contributed by atoms with Crippen LogP contribution in [-0.4, -0.2) is 87.5 Å². The molecule has 15 heteroatoms.